The molecule has 0 radical (unpaired) electrons. The number of nitrogens with zero attached hydrogens (tertiary/aromatic N) is 2. The van der Waals surface area contributed by atoms with E-state index in [0.717, 1.165) is 5.39 Å². The predicted molar refractivity (Wildman–Crippen MR) is 110 cm³/mol. The molecule has 2 aromatic carbocycles. The van der Waals surface area contributed by atoms with Gasteiger partial charge in [0.25, 0.3) is 0 Å². The van der Waals surface area contributed by atoms with E-state index in [-0.39, 0.29) is 18.2 Å². The first-order valence-electron chi connectivity index (χ1n) is 7.83. The fraction of sp³-hybridized carbons (Fsp3) is 0.222. The summed E-state index contributed by atoms with van der Waals surface area (Å²) in [5, 5.41) is 13.8. The average Bonchev–Trinajstić information content (AvgIpc) is 2.65. The summed E-state index contributed by atoms with van der Waals surface area (Å²) in [5.41, 5.74) is 1.39. The first-order valence-corrected chi connectivity index (χ1v) is 8.62. The normalized spacial score (nSPS) is 10.3. The van der Waals surface area contributed by atoms with Crippen molar-refractivity contribution in [3.63, 3.8) is 0 Å². The van der Waals surface area contributed by atoms with E-state index in [9.17, 15) is 5.11 Å². The maximum atomic E-state index is 9.85. The SMILES string of the molecule is COCCOc1cc2ncnc(Nc3cccc(O)c3Br)c2cc1OC.Cl. The Balaban J connectivity index is 0.00000261. The molecule has 0 aliphatic heterocycles. The van der Waals surface area contributed by atoms with Crippen LogP contribution in [0, 0.1) is 0 Å². The van der Waals surface area contributed by atoms with Crippen LogP contribution in [-0.2, 0) is 4.74 Å². The summed E-state index contributed by atoms with van der Waals surface area (Å²) in [4.78, 5) is 8.62. The van der Waals surface area contributed by atoms with Gasteiger partial charge in [-0.3, -0.25) is 0 Å². The number of hydrogen-bond acceptors (Lipinski definition) is 7. The van der Waals surface area contributed by atoms with Gasteiger partial charge < -0.3 is 24.6 Å². The zero-order chi connectivity index (χ0) is 18.5. The molecular weight excluding hydrogens is 438 g/mol. The van der Waals surface area contributed by atoms with E-state index in [1.54, 1.807) is 32.4 Å². The Kier molecular flexibility index (Phi) is 7.46. The summed E-state index contributed by atoms with van der Waals surface area (Å²) in [6.45, 7) is 0.883. The van der Waals surface area contributed by atoms with Crippen molar-refractivity contribution in [2.24, 2.45) is 0 Å². The number of fused-ring (bicyclic) bond motifs is 1. The van der Waals surface area contributed by atoms with Crippen molar-refractivity contribution in [2.75, 3.05) is 32.8 Å². The molecule has 0 aliphatic carbocycles. The van der Waals surface area contributed by atoms with Crippen LogP contribution in [0.25, 0.3) is 10.9 Å². The number of hydrogen-bond donors (Lipinski definition) is 2. The van der Waals surface area contributed by atoms with E-state index in [0.29, 0.717) is 46.2 Å². The van der Waals surface area contributed by atoms with Crippen LogP contribution in [0.15, 0.2) is 41.1 Å². The summed E-state index contributed by atoms with van der Waals surface area (Å²) in [5.74, 6) is 1.88. The van der Waals surface area contributed by atoms with E-state index in [1.807, 2.05) is 12.1 Å². The monoisotopic (exact) mass is 455 g/mol. The minimum atomic E-state index is 0. The van der Waals surface area contributed by atoms with Gasteiger partial charge in [0.2, 0.25) is 0 Å². The molecule has 1 aromatic heterocycles. The quantitative estimate of drug-likeness (QED) is 0.513. The van der Waals surface area contributed by atoms with Crippen molar-refractivity contribution in [3.8, 4) is 17.2 Å². The van der Waals surface area contributed by atoms with Crippen LogP contribution in [0.1, 0.15) is 0 Å². The fourth-order valence-corrected chi connectivity index (χ4v) is 2.78. The number of phenolic OH excluding ortho intramolecular Hbond substituents is 1. The van der Waals surface area contributed by atoms with Gasteiger partial charge in [-0.25, -0.2) is 9.97 Å². The molecule has 0 unspecified atom stereocenters. The standard InChI is InChI=1S/C18H18BrN3O4.ClH/c1-24-6-7-26-16-9-13-11(8-15(16)25-2)18(21-10-20-13)22-12-4-3-5-14(23)17(12)19;/h3-5,8-10,23H,6-7H2,1-2H3,(H,20,21,22);1H. The van der Waals surface area contributed by atoms with Crippen molar-refractivity contribution in [1.82, 2.24) is 9.97 Å². The summed E-state index contributed by atoms with van der Waals surface area (Å²) >= 11 is 3.36. The lowest BCUT2D eigenvalue weighted by molar-refractivity contribution is 0.144. The molecule has 0 saturated heterocycles. The molecule has 2 N–H and O–H groups in total. The highest BCUT2D eigenvalue weighted by Gasteiger charge is 2.13. The molecule has 0 fully saturated rings. The van der Waals surface area contributed by atoms with Gasteiger partial charge in [0, 0.05) is 18.6 Å². The van der Waals surface area contributed by atoms with E-state index in [2.05, 4.69) is 31.2 Å². The van der Waals surface area contributed by atoms with Gasteiger partial charge in [0.15, 0.2) is 11.5 Å². The van der Waals surface area contributed by atoms with E-state index in [1.165, 1.54) is 6.33 Å². The zero-order valence-electron chi connectivity index (χ0n) is 14.7. The molecule has 0 atom stereocenters. The lowest BCUT2D eigenvalue weighted by atomic mass is 10.2. The van der Waals surface area contributed by atoms with E-state index < -0.39 is 0 Å². The van der Waals surface area contributed by atoms with Gasteiger partial charge in [-0.2, -0.15) is 0 Å². The molecule has 3 rings (SSSR count). The van der Waals surface area contributed by atoms with Gasteiger partial charge in [-0.1, -0.05) is 6.07 Å². The molecule has 0 amide bonds. The summed E-state index contributed by atoms with van der Waals surface area (Å²) in [7, 11) is 3.19. The molecule has 0 spiro atoms. The maximum Gasteiger partial charge on any atom is 0.163 e. The molecule has 144 valence electrons. The summed E-state index contributed by atoms with van der Waals surface area (Å²) < 4.78 is 16.7. The highest BCUT2D eigenvalue weighted by molar-refractivity contribution is 9.10. The number of nitrogens with one attached hydrogen (secondary N) is 1. The van der Waals surface area contributed by atoms with Crippen LogP contribution in [0.3, 0.4) is 0 Å². The molecule has 1 heterocycles. The number of aromatic hydroxyl groups is 1. The predicted octanol–water partition coefficient (Wildman–Crippen LogP) is 4.30. The number of anilines is 2. The fourth-order valence-electron chi connectivity index (χ4n) is 2.41. The van der Waals surface area contributed by atoms with Crippen molar-refractivity contribution >= 4 is 50.7 Å². The molecule has 0 bridgehead atoms. The molecule has 9 heteroatoms. The Morgan fingerprint density at radius 3 is 2.67 bits per heavy atom. The number of rotatable bonds is 7. The zero-order valence-corrected chi connectivity index (χ0v) is 17.1. The topological polar surface area (TPSA) is 85.7 Å². The second-order valence-corrected chi connectivity index (χ2v) is 6.14. The van der Waals surface area contributed by atoms with E-state index >= 15 is 0 Å². The number of methoxy groups -OCH3 is 2. The molecular formula is C18H19BrClN3O4. The van der Waals surface area contributed by atoms with E-state index in [4.69, 9.17) is 14.2 Å². The number of ether oxygens (including phenoxy) is 3. The Hall–Kier alpha value is -2.29. The first-order chi connectivity index (χ1) is 12.6. The second-order valence-electron chi connectivity index (χ2n) is 5.35. The first kappa shape index (κ1) is 21.0. The van der Waals surface area contributed by atoms with Gasteiger partial charge >= 0.3 is 0 Å². The van der Waals surface area contributed by atoms with Gasteiger partial charge in [0.05, 0.1) is 29.4 Å². The minimum absolute atomic E-state index is 0. The molecule has 7 nitrogen and oxygen atoms in total. The van der Waals surface area contributed by atoms with Crippen LogP contribution >= 0.6 is 28.3 Å². The van der Waals surface area contributed by atoms with Crippen molar-refractivity contribution in [1.29, 1.82) is 0 Å². The largest absolute Gasteiger partial charge is 0.507 e. The smallest absolute Gasteiger partial charge is 0.163 e. The van der Waals surface area contributed by atoms with Gasteiger partial charge in [-0.15, -0.1) is 12.4 Å². The lowest BCUT2D eigenvalue weighted by Gasteiger charge is -2.14. The summed E-state index contributed by atoms with van der Waals surface area (Å²) in [6, 6.07) is 8.79. The molecule has 27 heavy (non-hydrogen) atoms. The van der Waals surface area contributed by atoms with Crippen LogP contribution in [0.4, 0.5) is 11.5 Å². The van der Waals surface area contributed by atoms with Crippen LogP contribution < -0.4 is 14.8 Å². The van der Waals surface area contributed by atoms with Gasteiger partial charge in [-0.05, 0) is 34.1 Å². The van der Waals surface area contributed by atoms with Crippen molar-refractivity contribution in [2.45, 2.75) is 0 Å². The Morgan fingerprint density at radius 2 is 1.93 bits per heavy atom. The minimum Gasteiger partial charge on any atom is -0.507 e. The van der Waals surface area contributed by atoms with Crippen LogP contribution in [0.5, 0.6) is 17.2 Å². The van der Waals surface area contributed by atoms with Crippen LogP contribution in [-0.4, -0.2) is 42.5 Å². The molecule has 0 saturated carbocycles. The number of aromatic nitrogens is 2. The van der Waals surface area contributed by atoms with Crippen molar-refractivity contribution < 1.29 is 19.3 Å². The van der Waals surface area contributed by atoms with Gasteiger partial charge in [0.1, 0.15) is 24.5 Å². The van der Waals surface area contributed by atoms with Crippen molar-refractivity contribution in [3.05, 3.63) is 41.1 Å². The lowest BCUT2D eigenvalue weighted by Crippen LogP contribution is -2.05. The summed E-state index contributed by atoms with van der Waals surface area (Å²) in [6.07, 6.45) is 1.47. The third-order valence-electron chi connectivity index (χ3n) is 3.70. The molecule has 3 aromatic rings. The number of benzene rings is 2. The Labute approximate surface area is 171 Å². The second kappa shape index (κ2) is 9.59. The van der Waals surface area contributed by atoms with Crippen LogP contribution in [0.2, 0.25) is 0 Å². The Morgan fingerprint density at radius 1 is 1.11 bits per heavy atom. The highest BCUT2D eigenvalue weighted by Crippen LogP contribution is 2.37. The molecule has 0 aliphatic rings. The average molecular weight is 457 g/mol. The third-order valence-corrected chi connectivity index (χ3v) is 4.53. The maximum absolute atomic E-state index is 9.85. The Bertz CT molecular complexity index is 926. The number of halogens is 2. The number of phenols is 1. The third kappa shape index (κ3) is 4.71. The highest BCUT2D eigenvalue weighted by atomic mass is 79.9.